The number of fused-ring (bicyclic) bond motifs is 2. The van der Waals surface area contributed by atoms with Gasteiger partial charge in [-0.2, -0.15) is 0 Å². The molecule has 27 heavy (non-hydrogen) atoms. The molecule has 0 atom stereocenters. The van der Waals surface area contributed by atoms with Crippen LogP contribution in [0.3, 0.4) is 0 Å². The summed E-state index contributed by atoms with van der Waals surface area (Å²) in [5, 5.41) is 1.48. The van der Waals surface area contributed by atoms with Crippen molar-refractivity contribution in [1.82, 2.24) is 5.01 Å². The molecule has 0 fully saturated rings. The van der Waals surface area contributed by atoms with Crippen LogP contribution in [-0.2, 0) is 20.9 Å². The highest BCUT2D eigenvalue weighted by atomic mass is 16.5. The molecular formula is C20H22N4O3. The number of hydrogen-bond acceptors (Lipinski definition) is 6. The van der Waals surface area contributed by atoms with Crippen molar-refractivity contribution < 1.29 is 14.3 Å². The van der Waals surface area contributed by atoms with E-state index in [4.69, 9.17) is 16.3 Å². The quantitative estimate of drug-likeness (QED) is 0.361. The number of para-hydroxylation sites is 1. The summed E-state index contributed by atoms with van der Waals surface area (Å²) in [5.41, 5.74) is 10.9. The van der Waals surface area contributed by atoms with Crippen molar-refractivity contribution in [2.45, 2.75) is 13.5 Å². The lowest BCUT2D eigenvalue weighted by molar-refractivity contribution is -0.128. The lowest BCUT2D eigenvalue weighted by atomic mass is 9.95. The Balaban J connectivity index is 2.21. The Labute approximate surface area is 157 Å². The van der Waals surface area contributed by atoms with Gasteiger partial charge in [0.25, 0.3) is 6.47 Å². The van der Waals surface area contributed by atoms with Crippen LogP contribution in [0, 0.1) is 0 Å². The van der Waals surface area contributed by atoms with Crippen molar-refractivity contribution in [2.24, 2.45) is 11.6 Å². The fraction of sp³-hybridized carbons (Fsp3) is 0.200. The first-order valence-electron chi connectivity index (χ1n) is 8.57. The highest BCUT2D eigenvalue weighted by Gasteiger charge is 2.26. The van der Waals surface area contributed by atoms with Gasteiger partial charge < -0.3 is 20.4 Å². The van der Waals surface area contributed by atoms with Crippen molar-refractivity contribution in [2.75, 3.05) is 18.1 Å². The number of amides is 1. The molecule has 0 bridgehead atoms. The molecule has 140 valence electrons. The Morgan fingerprint density at radius 3 is 2.56 bits per heavy atom. The van der Waals surface area contributed by atoms with Crippen LogP contribution in [0.25, 0.3) is 11.4 Å². The SMILES string of the molecule is CC(=O)N1Cc2ccccc2/C(N(N)CCOC=O)=C(/N)c2ccccc21. The number of nitrogens with two attached hydrogens (primary N) is 2. The van der Waals surface area contributed by atoms with Crippen molar-refractivity contribution in [3.05, 3.63) is 65.2 Å². The summed E-state index contributed by atoms with van der Waals surface area (Å²) in [6, 6.07) is 15.1. The molecule has 2 aromatic rings. The van der Waals surface area contributed by atoms with Crippen molar-refractivity contribution in [1.29, 1.82) is 0 Å². The summed E-state index contributed by atoms with van der Waals surface area (Å²) < 4.78 is 4.77. The molecule has 1 heterocycles. The Bertz CT molecular complexity index is 894. The molecule has 0 radical (unpaired) electrons. The number of carbonyl (C=O) groups is 2. The van der Waals surface area contributed by atoms with Crippen LogP contribution in [0.5, 0.6) is 0 Å². The highest BCUT2D eigenvalue weighted by Crippen LogP contribution is 2.36. The monoisotopic (exact) mass is 366 g/mol. The second kappa shape index (κ2) is 7.92. The van der Waals surface area contributed by atoms with Gasteiger partial charge in [-0.3, -0.25) is 9.59 Å². The third-order valence-corrected chi connectivity index (χ3v) is 4.53. The largest absolute Gasteiger partial charge is 0.466 e. The third-order valence-electron chi connectivity index (χ3n) is 4.53. The van der Waals surface area contributed by atoms with Gasteiger partial charge in [0.2, 0.25) is 5.91 Å². The van der Waals surface area contributed by atoms with Gasteiger partial charge in [-0.05, 0) is 11.6 Å². The number of benzene rings is 2. The molecular weight excluding hydrogens is 344 g/mol. The van der Waals surface area contributed by atoms with E-state index in [-0.39, 0.29) is 19.1 Å². The van der Waals surface area contributed by atoms with Crippen LogP contribution in [0.1, 0.15) is 23.6 Å². The van der Waals surface area contributed by atoms with Crippen molar-refractivity contribution >= 4 is 29.5 Å². The second-order valence-electron chi connectivity index (χ2n) is 6.20. The first-order chi connectivity index (χ1) is 13.0. The zero-order valence-corrected chi connectivity index (χ0v) is 15.1. The van der Waals surface area contributed by atoms with E-state index in [2.05, 4.69) is 0 Å². The number of anilines is 1. The number of hydrazine groups is 1. The fourth-order valence-corrected chi connectivity index (χ4v) is 3.26. The average molecular weight is 366 g/mol. The standard InChI is InChI=1S/C20H22N4O3/c1-14(26)23-12-15-6-2-3-7-16(15)20(24(22)10-11-27-13-25)19(21)17-8-4-5-9-18(17)23/h2-9,13H,10-12,21-22H2,1H3/b20-19-. The molecule has 1 amide bonds. The van der Waals surface area contributed by atoms with Crippen LogP contribution in [0.4, 0.5) is 5.69 Å². The molecule has 3 rings (SSSR count). The summed E-state index contributed by atoms with van der Waals surface area (Å²) in [4.78, 5) is 24.5. The lowest BCUT2D eigenvalue weighted by Crippen LogP contribution is -2.37. The van der Waals surface area contributed by atoms with Crippen molar-refractivity contribution in [3.8, 4) is 0 Å². The summed E-state index contributed by atoms with van der Waals surface area (Å²) >= 11 is 0. The van der Waals surface area contributed by atoms with Gasteiger partial charge in [0.1, 0.15) is 6.61 Å². The fourth-order valence-electron chi connectivity index (χ4n) is 3.26. The van der Waals surface area contributed by atoms with Gasteiger partial charge in [-0.1, -0.05) is 42.5 Å². The van der Waals surface area contributed by atoms with E-state index >= 15 is 0 Å². The average Bonchev–Trinajstić information content (AvgIpc) is 2.66. The molecule has 0 aliphatic carbocycles. The van der Waals surface area contributed by atoms with Gasteiger partial charge in [0.05, 0.1) is 30.2 Å². The molecule has 7 heteroatoms. The van der Waals surface area contributed by atoms with Crippen LogP contribution in [0.15, 0.2) is 48.5 Å². The molecule has 7 nitrogen and oxygen atoms in total. The Morgan fingerprint density at radius 2 is 1.85 bits per heavy atom. The number of hydrogen-bond donors (Lipinski definition) is 2. The van der Waals surface area contributed by atoms with Gasteiger partial charge in [0, 0.05) is 18.1 Å². The number of rotatable bonds is 5. The maximum absolute atomic E-state index is 12.3. The summed E-state index contributed by atoms with van der Waals surface area (Å²) in [6.45, 7) is 2.74. The minimum absolute atomic E-state index is 0.0718. The van der Waals surface area contributed by atoms with E-state index in [1.807, 2.05) is 48.5 Å². The number of carbonyl (C=O) groups excluding carboxylic acids is 2. The molecule has 1 aliphatic rings. The van der Waals surface area contributed by atoms with Gasteiger partial charge in [-0.25, -0.2) is 5.84 Å². The number of ether oxygens (including phenoxy) is 1. The van der Waals surface area contributed by atoms with Gasteiger partial charge >= 0.3 is 0 Å². The maximum Gasteiger partial charge on any atom is 0.293 e. The van der Waals surface area contributed by atoms with E-state index in [0.717, 1.165) is 22.4 Å². The minimum atomic E-state index is -0.0718. The van der Waals surface area contributed by atoms with Gasteiger partial charge in [0.15, 0.2) is 0 Å². The van der Waals surface area contributed by atoms with E-state index < -0.39 is 0 Å². The molecule has 1 aliphatic heterocycles. The normalized spacial score (nSPS) is 15.9. The predicted octanol–water partition coefficient (Wildman–Crippen LogP) is 1.69. The summed E-state index contributed by atoms with van der Waals surface area (Å²) in [5.74, 6) is 6.21. The molecule has 0 aromatic heterocycles. The molecule has 2 aromatic carbocycles. The van der Waals surface area contributed by atoms with E-state index in [1.165, 1.54) is 11.9 Å². The van der Waals surface area contributed by atoms with E-state index in [1.54, 1.807) is 4.90 Å². The van der Waals surface area contributed by atoms with Crippen LogP contribution in [-0.4, -0.2) is 30.5 Å². The topological polar surface area (TPSA) is 102 Å². The molecule has 4 N–H and O–H groups in total. The van der Waals surface area contributed by atoms with E-state index in [9.17, 15) is 9.59 Å². The van der Waals surface area contributed by atoms with Crippen LogP contribution < -0.4 is 16.5 Å². The first kappa shape index (κ1) is 18.5. The Hall–Kier alpha value is -3.32. The van der Waals surface area contributed by atoms with E-state index in [0.29, 0.717) is 24.4 Å². The van der Waals surface area contributed by atoms with Crippen LogP contribution in [0.2, 0.25) is 0 Å². The first-order valence-corrected chi connectivity index (χ1v) is 8.57. The molecule has 0 spiro atoms. The lowest BCUT2D eigenvalue weighted by Gasteiger charge is -2.32. The summed E-state index contributed by atoms with van der Waals surface area (Å²) in [6.07, 6.45) is 0. The second-order valence-corrected chi connectivity index (χ2v) is 6.20. The number of nitrogens with zero attached hydrogens (tertiary/aromatic N) is 2. The maximum atomic E-state index is 12.3. The molecule has 0 unspecified atom stereocenters. The van der Waals surface area contributed by atoms with Crippen LogP contribution >= 0.6 is 0 Å². The molecule has 0 saturated heterocycles. The smallest absolute Gasteiger partial charge is 0.293 e. The van der Waals surface area contributed by atoms with Crippen molar-refractivity contribution in [3.63, 3.8) is 0 Å². The third kappa shape index (κ3) is 3.63. The molecule has 0 saturated carbocycles. The summed E-state index contributed by atoms with van der Waals surface area (Å²) in [7, 11) is 0. The minimum Gasteiger partial charge on any atom is -0.466 e. The Morgan fingerprint density at radius 1 is 1.19 bits per heavy atom. The van der Waals surface area contributed by atoms with Gasteiger partial charge in [-0.15, -0.1) is 0 Å². The zero-order chi connectivity index (χ0) is 19.4. The predicted molar refractivity (Wildman–Crippen MR) is 104 cm³/mol. The highest BCUT2D eigenvalue weighted by molar-refractivity contribution is 6.00. The Kier molecular flexibility index (Phi) is 5.42. The zero-order valence-electron chi connectivity index (χ0n) is 15.1.